The van der Waals surface area contributed by atoms with E-state index in [1.807, 2.05) is 0 Å². The predicted molar refractivity (Wildman–Crippen MR) is 36.3 cm³/mol. The molecule has 10 heavy (non-hydrogen) atoms. The van der Waals surface area contributed by atoms with Gasteiger partial charge >= 0.3 is 0 Å². The molecule has 1 aliphatic heterocycles. The Kier molecular flexibility index (Phi) is 1.20. The van der Waals surface area contributed by atoms with E-state index >= 15 is 0 Å². The molecule has 0 aromatic carbocycles. The van der Waals surface area contributed by atoms with Gasteiger partial charge in [0.1, 0.15) is 12.2 Å². The minimum absolute atomic E-state index is 0.545. The third kappa shape index (κ3) is 0.806. The van der Waals surface area contributed by atoms with Crippen LogP contribution in [0.2, 0.25) is 0 Å². The number of fused-ring (bicyclic) bond motifs is 1. The molecule has 4 nitrogen and oxygen atoms in total. The lowest BCUT2D eigenvalue weighted by molar-refractivity contribution is 0.410. The first-order valence-corrected chi connectivity index (χ1v) is 3.46. The predicted octanol–water partition coefficient (Wildman–Crippen LogP) is -0.230. The second-order valence-electron chi connectivity index (χ2n) is 2.68. The number of nitrogens with one attached hydrogen (secondary N) is 1. The van der Waals surface area contributed by atoms with Gasteiger partial charge in [0.2, 0.25) is 0 Å². The van der Waals surface area contributed by atoms with Crippen LogP contribution < -0.4 is 5.32 Å². The van der Waals surface area contributed by atoms with Crippen molar-refractivity contribution in [2.75, 3.05) is 0 Å². The smallest absolute Gasteiger partial charge is 0.146 e. The molecular weight excluding hydrogens is 128 g/mol. The third-order valence-electron chi connectivity index (χ3n) is 1.77. The molecule has 0 aliphatic carbocycles. The van der Waals surface area contributed by atoms with Crippen LogP contribution in [0.15, 0.2) is 6.33 Å². The molecule has 1 aromatic rings. The summed E-state index contributed by atoms with van der Waals surface area (Å²) in [6.45, 7) is 3.99. The van der Waals surface area contributed by atoms with Crippen molar-refractivity contribution in [1.29, 1.82) is 0 Å². The summed E-state index contributed by atoms with van der Waals surface area (Å²) >= 11 is 0. The highest BCUT2D eigenvalue weighted by atomic mass is 15.3. The van der Waals surface area contributed by atoms with Gasteiger partial charge in [0.05, 0.1) is 6.54 Å². The summed E-state index contributed by atoms with van der Waals surface area (Å²) in [5, 5.41) is 11.1. The van der Waals surface area contributed by atoms with Crippen LogP contribution in [0, 0.1) is 0 Å². The highest BCUT2D eigenvalue weighted by Gasteiger charge is 2.13. The van der Waals surface area contributed by atoms with Crippen LogP contribution in [-0.2, 0) is 13.1 Å². The second kappa shape index (κ2) is 2.05. The van der Waals surface area contributed by atoms with E-state index in [1.54, 1.807) is 6.33 Å². The van der Waals surface area contributed by atoms with Crippen LogP contribution in [0.1, 0.15) is 12.7 Å². The normalized spacial score (nSPS) is 24.3. The van der Waals surface area contributed by atoms with Gasteiger partial charge in [-0.2, -0.15) is 0 Å². The van der Waals surface area contributed by atoms with Gasteiger partial charge in [-0.15, -0.1) is 10.2 Å². The van der Waals surface area contributed by atoms with Crippen LogP contribution in [0.3, 0.4) is 0 Å². The van der Waals surface area contributed by atoms with Crippen LogP contribution in [0.25, 0.3) is 0 Å². The quantitative estimate of drug-likeness (QED) is 0.538. The molecule has 54 valence electrons. The molecule has 0 saturated heterocycles. The SMILES string of the molecule is CC1Cn2cnnc2CN1. The van der Waals surface area contributed by atoms with Gasteiger partial charge in [0.15, 0.2) is 0 Å². The molecular formula is C6H10N4. The van der Waals surface area contributed by atoms with Crippen molar-refractivity contribution in [3.63, 3.8) is 0 Å². The van der Waals surface area contributed by atoms with E-state index in [0.29, 0.717) is 6.04 Å². The first-order valence-electron chi connectivity index (χ1n) is 3.46. The van der Waals surface area contributed by atoms with E-state index in [-0.39, 0.29) is 0 Å². The summed E-state index contributed by atoms with van der Waals surface area (Å²) in [5.74, 6) is 1.04. The molecule has 2 heterocycles. The van der Waals surface area contributed by atoms with E-state index in [9.17, 15) is 0 Å². The Bertz CT molecular complexity index is 229. The molecule has 4 heteroatoms. The van der Waals surface area contributed by atoms with E-state index < -0.39 is 0 Å². The average Bonchev–Trinajstić information content (AvgIpc) is 2.33. The molecule has 0 fully saturated rings. The summed E-state index contributed by atoms with van der Waals surface area (Å²) in [6, 6.07) is 0.545. The first kappa shape index (κ1) is 5.85. The highest BCUT2D eigenvalue weighted by molar-refractivity contribution is 4.90. The summed E-state index contributed by atoms with van der Waals surface area (Å²) in [4.78, 5) is 0. The van der Waals surface area contributed by atoms with Crippen LogP contribution in [0.4, 0.5) is 0 Å². The third-order valence-corrected chi connectivity index (χ3v) is 1.77. The fourth-order valence-electron chi connectivity index (χ4n) is 1.19. The Morgan fingerprint density at radius 2 is 2.70 bits per heavy atom. The molecule has 1 aliphatic rings. The Morgan fingerprint density at radius 3 is 3.60 bits per heavy atom. The molecule has 1 aromatic heterocycles. The zero-order chi connectivity index (χ0) is 6.97. The van der Waals surface area contributed by atoms with Gasteiger partial charge in [-0.3, -0.25) is 0 Å². The van der Waals surface area contributed by atoms with Crippen LogP contribution >= 0.6 is 0 Å². The van der Waals surface area contributed by atoms with Crippen molar-refractivity contribution in [2.45, 2.75) is 26.1 Å². The number of nitrogens with zero attached hydrogens (tertiary/aromatic N) is 3. The Morgan fingerprint density at radius 1 is 1.80 bits per heavy atom. The van der Waals surface area contributed by atoms with Gasteiger partial charge in [0.25, 0.3) is 0 Å². The Hall–Kier alpha value is -0.900. The average molecular weight is 138 g/mol. The number of hydrogen-bond donors (Lipinski definition) is 1. The summed E-state index contributed by atoms with van der Waals surface area (Å²) in [7, 11) is 0. The van der Waals surface area contributed by atoms with Crippen molar-refractivity contribution in [1.82, 2.24) is 20.1 Å². The largest absolute Gasteiger partial charge is 0.315 e. The van der Waals surface area contributed by atoms with Crippen molar-refractivity contribution < 1.29 is 0 Å². The molecule has 0 amide bonds. The Balaban J connectivity index is 2.30. The molecule has 0 saturated carbocycles. The lowest BCUT2D eigenvalue weighted by Gasteiger charge is -2.20. The maximum absolute atomic E-state index is 3.94. The van der Waals surface area contributed by atoms with Crippen molar-refractivity contribution in [2.24, 2.45) is 0 Å². The number of rotatable bonds is 0. The highest BCUT2D eigenvalue weighted by Crippen LogP contribution is 2.03. The summed E-state index contributed by atoms with van der Waals surface area (Å²) in [6.07, 6.45) is 1.78. The molecule has 1 atom stereocenters. The minimum Gasteiger partial charge on any atom is -0.315 e. The van der Waals surface area contributed by atoms with Crippen molar-refractivity contribution in [3.8, 4) is 0 Å². The summed E-state index contributed by atoms with van der Waals surface area (Å²) in [5.41, 5.74) is 0. The fraction of sp³-hybridized carbons (Fsp3) is 0.667. The van der Waals surface area contributed by atoms with Gasteiger partial charge in [0, 0.05) is 12.6 Å². The zero-order valence-electron chi connectivity index (χ0n) is 5.91. The lowest BCUT2D eigenvalue weighted by atomic mass is 10.3. The lowest BCUT2D eigenvalue weighted by Crippen LogP contribution is -2.36. The van der Waals surface area contributed by atoms with E-state index in [4.69, 9.17) is 0 Å². The maximum atomic E-state index is 3.94. The van der Waals surface area contributed by atoms with E-state index in [1.165, 1.54) is 0 Å². The second-order valence-corrected chi connectivity index (χ2v) is 2.68. The first-order chi connectivity index (χ1) is 4.86. The number of hydrogen-bond acceptors (Lipinski definition) is 3. The zero-order valence-corrected chi connectivity index (χ0v) is 5.91. The minimum atomic E-state index is 0.545. The van der Waals surface area contributed by atoms with Crippen LogP contribution in [0.5, 0.6) is 0 Å². The van der Waals surface area contributed by atoms with Gasteiger partial charge in [-0.1, -0.05) is 0 Å². The van der Waals surface area contributed by atoms with Gasteiger partial charge < -0.3 is 9.88 Å². The topological polar surface area (TPSA) is 42.7 Å². The molecule has 0 spiro atoms. The maximum Gasteiger partial charge on any atom is 0.146 e. The molecule has 0 radical (unpaired) electrons. The van der Waals surface area contributed by atoms with Crippen molar-refractivity contribution in [3.05, 3.63) is 12.2 Å². The van der Waals surface area contributed by atoms with Crippen molar-refractivity contribution >= 4 is 0 Å². The standard InChI is InChI=1S/C6H10N4/c1-5-3-10-4-8-9-6(10)2-7-5/h4-5,7H,2-3H2,1H3. The molecule has 1 unspecified atom stereocenters. The van der Waals surface area contributed by atoms with E-state index in [0.717, 1.165) is 18.9 Å². The van der Waals surface area contributed by atoms with Crippen LogP contribution in [-0.4, -0.2) is 20.8 Å². The van der Waals surface area contributed by atoms with Gasteiger partial charge in [-0.25, -0.2) is 0 Å². The van der Waals surface area contributed by atoms with E-state index in [2.05, 4.69) is 27.0 Å². The fourth-order valence-corrected chi connectivity index (χ4v) is 1.19. The molecule has 2 rings (SSSR count). The summed E-state index contributed by atoms with van der Waals surface area (Å²) < 4.78 is 2.08. The molecule has 0 bridgehead atoms. The Labute approximate surface area is 59.3 Å². The number of aromatic nitrogens is 3. The molecule has 1 N–H and O–H groups in total. The monoisotopic (exact) mass is 138 g/mol. The van der Waals surface area contributed by atoms with Gasteiger partial charge in [-0.05, 0) is 6.92 Å².